The summed E-state index contributed by atoms with van der Waals surface area (Å²) in [6, 6.07) is 2.18. The molecular formula is C17H14F4N2O3. The minimum absolute atomic E-state index is 0.0771. The van der Waals surface area contributed by atoms with Gasteiger partial charge in [0.15, 0.2) is 11.0 Å². The van der Waals surface area contributed by atoms with E-state index in [4.69, 9.17) is 9.15 Å². The van der Waals surface area contributed by atoms with Crippen molar-refractivity contribution in [3.05, 3.63) is 39.8 Å². The summed E-state index contributed by atoms with van der Waals surface area (Å²) in [7, 11) is 1.08. The Kier molecular flexibility index (Phi) is 3.80. The summed E-state index contributed by atoms with van der Waals surface area (Å²) in [5.41, 5.74) is -1.29. The maximum Gasteiger partial charge on any atom is 0.449 e. The lowest BCUT2D eigenvalue weighted by molar-refractivity contribution is -0.146. The second-order valence-electron chi connectivity index (χ2n) is 6.32. The van der Waals surface area contributed by atoms with Crippen molar-refractivity contribution in [3.8, 4) is 0 Å². The van der Waals surface area contributed by atoms with E-state index in [9.17, 15) is 22.4 Å². The zero-order chi connectivity index (χ0) is 18.6. The SMILES string of the molecule is Cn1c(C(F)(F)F)nc2c3oc(C4CCOCC4)cc(=O)c3cc(F)c21. The zero-order valence-electron chi connectivity index (χ0n) is 13.7. The Labute approximate surface area is 144 Å². The number of halogens is 4. The van der Waals surface area contributed by atoms with Crippen LogP contribution in [0.3, 0.4) is 0 Å². The van der Waals surface area contributed by atoms with Gasteiger partial charge in [0.2, 0.25) is 5.82 Å². The van der Waals surface area contributed by atoms with Gasteiger partial charge < -0.3 is 13.7 Å². The van der Waals surface area contributed by atoms with Crippen LogP contribution < -0.4 is 5.43 Å². The molecule has 0 atom stereocenters. The molecule has 9 heteroatoms. The molecule has 3 heterocycles. The number of alkyl halides is 3. The molecule has 26 heavy (non-hydrogen) atoms. The van der Waals surface area contributed by atoms with Crippen molar-refractivity contribution in [2.75, 3.05) is 13.2 Å². The predicted molar refractivity (Wildman–Crippen MR) is 84.5 cm³/mol. The molecule has 0 radical (unpaired) electrons. The van der Waals surface area contributed by atoms with E-state index in [2.05, 4.69) is 4.98 Å². The van der Waals surface area contributed by atoms with Gasteiger partial charge in [0.25, 0.3) is 0 Å². The molecule has 0 bridgehead atoms. The molecule has 1 saturated heterocycles. The number of aryl methyl sites for hydroxylation is 1. The molecular weight excluding hydrogens is 356 g/mol. The third kappa shape index (κ3) is 2.57. The number of aromatic nitrogens is 2. The monoisotopic (exact) mass is 370 g/mol. The fraction of sp³-hybridized carbons (Fsp3) is 0.412. The van der Waals surface area contributed by atoms with Crippen molar-refractivity contribution in [1.29, 1.82) is 0 Å². The molecule has 1 aliphatic rings. The van der Waals surface area contributed by atoms with Gasteiger partial charge in [-0.1, -0.05) is 0 Å². The first kappa shape index (κ1) is 17.0. The molecule has 0 saturated carbocycles. The average Bonchev–Trinajstić information content (AvgIpc) is 2.95. The highest BCUT2D eigenvalue weighted by molar-refractivity contribution is 6.00. The van der Waals surface area contributed by atoms with Crippen LogP contribution in [0.15, 0.2) is 21.3 Å². The van der Waals surface area contributed by atoms with Crippen LogP contribution in [0.1, 0.15) is 30.3 Å². The molecule has 0 amide bonds. The van der Waals surface area contributed by atoms with Crippen LogP contribution in [0.2, 0.25) is 0 Å². The molecule has 0 spiro atoms. The topological polar surface area (TPSA) is 57.3 Å². The molecule has 1 aromatic carbocycles. The lowest BCUT2D eigenvalue weighted by atomic mass is 9.96. The van der Waals surface area contributed by atoms with Gasteiger partial charge in [-0.3, -0.25) is 4.79 Å². The summed E-state index contributed by atoms with van der Waals surface area (Å²) in [5, 5.41) is -0.127. The first-order chi connectivity index (χ1) is 12.3. The molecule has 1 fully saturated rings. The molecule has 138 valence electrons. The van der Waals surface area contributed by atoms with Crippen molar-refractivity contribution in [3.63, 3.8) is 0 Å². The fourth-order valence-corrected chi connectivity index (χ4v) is 3.40. The van der Waals surface area contributed by atoms with E-state index in [0.717, 1.165) is 13.1 Å². The molecule has 0 unspecified atom stereocenters. The van der Waals surface area contributed by atoms with E-state index in [-0.39, 0.29) is 27.9 Å². The third-order valence-corrected chi connectivity index (χ3v) is 4.69. The van der Waals surface area contributed by atoms with E-state index >= 15 is 0 Å². The number of imidazole rings is 1. The Balaban J connectivity index is 2.04. The Bertz CT molecular complexity index is 1060. The van der Waals surface area contributed by atoms with Gasteiger partial charge in [-0.15, -0.1) is 0 Å². The van der Waals surface area contributed by atoms with Gasteiger partial charge >= 0.3 is 6.18 Å². The maximum atomic E-state index is 14.4. The second kappa shape index (κ2) is 5.80. The van der Waals surface area contributed by atoms with Gasteiger partial charge in [0.05, 0.1) is 5.39 Å². The van der Waals surface area contributed by atoms with Gasteiger partial charge in [-0.05, 0) is 18.9 Å². The largest absolute Gasteiger partial charge is 0.458 e. The molecule has 2 aromatic heterocycles. The Morgan fingerprint density at radius 3 is 2.58 bits per heavy atom. The summed E-state index contributed by atoms with van der Waals surface area (Å²) in [6.45, 7) is 1.01. The molecule has 4 rings (SSSR count). The number of nitrogens with zero attached hydrogens (tertiary/aromatic N) is 2. The number of fused-ring (bicyclic) bond motifs is 3. The lowest BCUT2D eigenvalue weighted by Crippen LogP contribution is -2.16. The maximum absolute atomic E-state index is 14.4. The van der Waals surface area contributed by atoms with Gasteiger partial charge in [-0.2, -0.15) is 13.2 Å². The molecule has 1 aliphatic heterocycles. The lowest BCUT2D eigenvalue weighted by Gasteiger charge is -2.21. The van der Waals surface area contributed by atoms with E-state index in [1.807, 2.05) is 0 Å². The number of ether oxygens (including phenoxy) is 1. The Morgan fingerprint density at radius 2 is 1.92 bits per heavy atom. The summed E-state index contributed by atoms with van der Waals surface area (Å²) in [6.07, 6.45) is -3.49. The van der Waals surface area contributed by atoms with Crippen molar-refractivity contribution >= 4 is 22.0 Å². The number of hydrogen-bond donors (Lipinski definition) is 0. The predicted octanol–water partition coefficient (Wildman–Crippen LogP) is 3.73. The highest BCUT2D eigenvalue weighted by Gasteiger charge is 2.38. The van der Waals surface area contributed by atoms with E-state index < -0.39 is 23.2 Å². The van der Waals surface area contributed by atoms with Crippen LogP contribution in [-0.4, -0.2) is 22.8 Å². The number of benzene rings is 1. The van der Waals surface area contributed by atoms with Crippen molar-refractivity contribution < 1.29 is 26.7 Å². The van der Waals surface area contributed by atoms with Gasteiger partial charge in [0.1, 0.15) is 22.6 Å². The Hall–Kier alpha value is -2.42. The number of hydrogen-bond acceptors (Lipinski definition) is 4. The van der Waals surface area contributed by atoms with Gasteiger partial charge in [-0.25, -0.2) is 9.37 Å². The summed E-state index contributed by atoms with van der Waals surface area (Å²) < 4.78 is 65.5. The van der Waals surface area contributed by atoms with Crippen LogP contribution in [0.5, 0.6) is 0 Å². The minimum atomic E-state index is -4.76. The van der Waals surface area contributed by atoms with Crippen molar-refractivity contribution in [2.24, 2.45) is 7.05 Å². The van der Waals surface area contributed by atoms with E-state index in [1.165, 1.54) is 6.07 Å². The van der Waals surface area contributed by atoms with Crippen LogP contribution >= 0.6 is 0 Å². The summed E-state index contributed by atoms with van der Waals surface area (Å²) in [5.74, 6) is -1.92. The van der Waals surface area contributed by atoms with E-state index in [0.29, 0.717) is 36.4 Å². The molecule has 5 nitrogen and oxygen atoms in total. The van der Waals surface area contributed by atoms with Gasteiger partial charge in [0, 0.05) is 32.2 Å². The fourth-order valence-electron chi connectivity index (χ4n) is 3.40. The smallest absolute Gasteiger partial charge is 0.449 e. The highest BCUT2D eigenvalue weighted by atomic mass is 19.4. The quantitative estimate of drug-likeness (QED) is 0.613. The van der Waals surface area contributed by atoms with Crippen LogP contribution in [-0.2, 0) is 18.0 Å². The third-order valence-electron chi connectivity index (χ3n) is 4.69. The highest BCUT2D eigenvalue weighted by Crippen LogP contribution is 2.35. The van der Waals surface area contributed by atoms with E-state index in [1.54, 1.807) is 0 Å². The normalized spacial score (nSPS) is 16.7. The summed E-state index contributed by atoms with van der Waals surface area (Å²) in [4.78, 5) is 16.0. The molecule has 3 aromatic rings. The first-order valence-electron chi connectivity index (χ1n) is 8.05. The summed E-state index contributed by atoms with van der Waals surface area (Å²) >= 11 is 0. The van der Waals surface area contributed by atoms with Crippen LogP contribution in [0.25, 0.3) is 22.0 Å². The zero-order valence-corrected chi connectivity index (χ0v) is 13.7. The number of rotatable bonds is 1. The van der Waals surface area contributed by atoms with Crippen molar-refractivity contribution in [2.45, 2.75) is 24.9 Å². The van der Waals surface area contributed by atoms with Crippen LogP contribution in [0.4, 0.5) is 17.6 Å². The second-order valence-corrected chi connectivity index (χ2v) is 6.32. The molecule has 0 N–H and O–H groups in total. The Morgan fingerprint density at radius 1 is 1.23 bits per heavy atom. The van der Waals surface area contributed by atoms with Crippen LogP contribution in [0, 0.1) is 5.82 Å². The minimum Gasteiger partial charge on any atom is -0.458 e. The van der Waals surface area contributed by atoms with Crippen molar-refractivity contribution in [1.82, 2.24) is 9.55 Å². The standard InChI is InChI=1S/C17H14F4N2O3/c1-23-14-10(18)6-9-11(24)7-12(8-2-4-25-5-3-8)26-15(9)13(14)22-16(23)17(19,20)21/h6-8H,2-5H2,1H3. The first-order valence-corrected chi connectivity index (χ1v) is 8.05. The average molecular weight is 370 g/mol. The molecule has 0 aliphatic carbocycles.